The van der Waals surface area contributed by atoms with Crippen LogP contribution in [0.3, 0.4) is 0 Å². The van der Waals surface area contributed by atoms with E-state index >= 15 is 0 Å². The highest BCUT2D eigenvalue weighted by atomic mass is 16.5. The minimum atomic E-state index is -0.731. The van der Waals surface area contributed by atoms with Gasteiger partial charge in [0.2, 0.25) is 0 Å². The van der Waals surface area contributed by atoms with Crippen LogP contribution >= 0.6 is 0 Å². The zero-order valence-electron chi connectivity index (χ0n) is 12.2. The molecule has 0 spiro atoms. The first-order valence-corrected chi connectivity index (χ1v) is 6.75. The number of carbonyl (C=O) groups is 1. The van der Waals surface area contributed by atoms with Crippen LogP contribution in [-0.4, -0.2) is 37.5 Å². The van der Waals surface area contributed by atoms with Crippen molar-refractivity contribution in [2.75, 3.05) is 26.4 Å². The highest BCUT2D eigenvalue weighted by Crippen LogP contribution is 2.23. The van der Waals surface area contributed by atoms with Crippen LogP contribution in [0.2, 0.25) is 0 Å². The summed E-state index contributed by atoms with van der Waals surface area (Å²) in [7, 11) is 0. The summed E-state index contributed by atoms with van der Waals surface area (Å²) in [6.07, 6.45) is 2.47. The molecular weight excluding hydrogens is 232 g/mol. The minimum absolute atomic E-state index is 0.559. The lowest BCUT2D eigenvalue weighted by atomic mass is 9.87. The van der Waals surface area contributed by atoms with Crippen molar-refractivity contribution in [1.29, 1.82) is 0 Å². The molecule has 108 valence electrons. The fraction of sp³-hybridized carbons (Fsp3) is 0.929. The summed E-state index contributed by atoms with van der Waals surface area (Å²) >= 11 is 0. The second kappa shape index (κ2) is 9.34. The van der Waals surface area contributed by atoms with Gasteiger partial charge < -0.3 is 14.6 Å². The van der Waals surface area contributed by atoms with Crippen LogP contribution in [0.15, 0.2) is 0 Å². The molecule has 0 aromatic rings. The fourth-order valence-corrected chi connectivity index (χ4v) is 1.42. The van der Waals surface area contributed by atoms with E-state index in [1.807, 2.05) is 0 Å². The Hall–Kier alpha value is -0.610. The summed E-state index contributed by atoms with van der Waals surface area (Å²) < 4.78 is 10.8. The molecule has 4 heteroatoms. The highest BCUT2D eigenvalue weighted by molar-refractivity contribution is 5.73. The molecule has 0 radical (unpaired) electrons. The van der Waals surface area contributed by atoms with Gasteiger partial charge in [-0.25, -0.2) is 0 Å². The van der Waals surface area contributed by atoms with E-state index in [1.165, 1.54) is 0 Å². The Morgan fingerprint density at radius 3 is 2.28 bits per heavy atom. The number of unbranched alkanes of at least 4 members (excludes halogenated alkanes) is 1. The molecule has 0 rings (SSSR count). The van der Waals surface area contributed by atoms with Crippen molar-refractivity contribution in [1.82, 2.24) is 0 Å². The first-order valence-electron chi connectivity index (χ1n) is 6.75. The Labute approximate surface area is 111 Å². The number of ether oxygens (including phenoxy) is 2. The van der Waals surface area contributed by atoms with Crippen molar-refractivity contribution >= 4 is 5.97 Å². The molecular formula is C14H28O4. The topological polar surface area (TPSA) is 55.8 Å². The molecule has 0 aliphatic rings. The monoisotopic (exact) mass is 260 g/mol. The van der Waals surface area contributed by atoms with Crippen LogP contribution in [0, 0.1) is 11.3 Å². The van der Waals surface area contributed by atoms with Crippen LogP contribution in [0.1, 0.15) is 47.0 Å². The van der Waals surface area contributed by atoms with E-state index in [4.69, 9.17) is 14.6 Å². The van der Waals surface area contributed by atoms with Gasteiger partial charge >= 0.3 is 5.97 Å². The molecule has 0 amide bonds. The SMILES string of the molecule is CC(C)COCCOCCCCC(C)(C)C(=O)O. The summed E-state index contributed by atoms with van der Waals surface area (Å²) in [4.78, 5) is 10.9. The molecule has 0 heterocycles. The molecule has 0 unspecified atom stereocenters. The summed E-state index contributed by atoms with van der Waals surface area (Å²) in [6.45, 7) is 10.5. The Kier molecular flexibility index (Phi) is 9.02. The number of carboxylic acid groups (broad SMARTS) is 1. The van der Waals surface area contributed by atoms with Gasteiger partial charge in [0, 0.05) is 13.2 Å². The molecule has 0 aliphatic heterocycles. The predicted octanol–water partition coefficient (Wildman–Crippen LogP) is 2.96. The lowest BCUT2D eigenvalue weighted by molar-refractivity contribution is -0.147. The third kappa shape index (κ3) is 9.42. The molecule has 4 nitrogen and oxygen atoms in total. The van der Waals surface area contributed by atoms with Gasteiger partial charge in [-0.15, -0.1) is 0 Å². The molecule has 0 aliphatic carbocycles. The lowest BCUT2D eigenvalue weighted by Crippen LogP contribution is -2.23. The Bertz CT molecular complexity index is 224. The highest BCUT2D eigenvalue weighted by Gasteiger charge is 2.25. The second-order valence-corrected chi connectivity index (χ2v) is 5.73. The van der Waals surface area contributed by atoms with Gasteiger partial charge in [0.25, 0.3) is 0 Å². The van der Waals surface area contributed by atoms with Crippen molar-refractivity contribution in [2.45, 2.75) is 47.0 Å². The van der Waals surface area contributed by atoms with Crippen LogP contribution < -0.4 is 0 Å². The van der Waals surface area contributed by atoms with E-state index < -0.39 is 11.4 Å². The average molecular weight is 260 g/mol. The molecule has 0 atom stereocenters. The Morgan fingerprint density at radius 1 is 1.11 bits per heavy atom. The van der Waals surface area contributed by atoms with Gasteiger partial charge in [0.1, 0.15) is 0 Å². The largest absolute Gasteiger partial charge is 0.481 e. The van der Waals surface area contributed by atoms with Gasteiger partial charge in [-0.05, 0) is 32.6 Å². The lowest BCUT2D eigenvalue weighted by Gasteiger charge is -2.18. The molecule has 0 aromatic carbocycles. The zero-order valence-corrected chi connectivity index (χ0v) is 12.2. The maximum Gasteiger partial charge on any atom is 0.309 e. The average Bonchev–Trinajstić information content (AvgIpc) is 2.26. The Morgan fingerprint density at radius 2 is 1.72 bits per heavy atom. The third-order valence-corrected chi connectivity index (χ3v) is 2.74. The van der Waals surface area contributed by atoms with Gasteiger partial charge in [-0.1, -0.05) is 20.3 Å². The third-order valence-electron chi connectivity index (χ3n) is 2.74. The van der Waals surface area contributed by atoms with Gasteiger partial charge in [-0.2, -0.15) is 0 Å². The van der Waals surface area contributed by atoms with E-state index in [2.05, 4.69) is 13.8 Å². The molecule has 0 bridgehead atoms. The fourth-order valence-electron chi connectivity index (χ4n) is 1.42. The van der Waals surface area contributed by atoms with Crippen molar-refractivity contribution in [3.05, 3.63) is 0 Å². The van der Waals surface area contributed by atoms with Crippen LogP contribution in [0.25, 0.3) is 0 Å². The molecule has 18 heavy (non-hydrogen) atoms. The van der Waals surface area contributed by atoms with Crippen LogP contribution in [-0.2, 0) is 14.3 Å². The summed E-state index contributed by atoms with van der Waals surface area (Å²) in [5, 5.41) is 8.94. The maximum absolute atomic E-state index is 10.9. The van der Waals surface area contributed by atoms with Gasteiger partial charge in [0.15, 0.2) is 0 Å². The maximum atomic E-state index is 10.9. The normalized spacial score (nSPS) is 12.1. The van der Waals surface area contributed by atoms with E-state index in [1.54, 1.807) is 13.8 Å². The smallest absolute Gasteiger partial charge is 0.309 e. The minimum Gasteiger partial charge on any atom is -0.481 e. The number of aliphatic carboxylic acids is 1. The summed E-state index contributed by atoms with van der Waals surface area (Å²) in [6, 6.07) is 0. The van der Waals surface area contributed by atoms with E-state index in [-0.39, 0.29) is 0 Å². The summed E-state index contributed by atoms with van der Waals surface area (Å²) in [5.74, 6) is -0.172. The number of carboxylic acids is 1. The second-order valence-electron chi connectivity index (χ2n) is 5.73. The standard InChI is InChI=1S/C14H28O4/c1-12(2)11-18-10-9-17-8-6-5-7-14(3,4)13(15)16/h12H,5-11H2,1-4H3,(H,15,16). The molecule has 0 saturated heterocycles. The van der Waals surface area contributed by atoms with Crippen LogP contribution in [0.4, 0.5) is 0 Å². The first-order chi connectivity index (χ1) is 8.36. The van der Waals surface area contributed by atoms with Crippen molar-refractivity contribution in [3.63, 3.8) is 0 Å². The molecule has 0 aromatic heterocycles. The molecule has 1 N–H and O–H groups in total. The van der Waals surface area contributed by atoms with Crippen LogP contribution in [0.5, 0.6) is 0 Å². The molecule has 0 fully saturated rings. The first kappa shape index (κ1) is 17.4. The summed E-state index contributed by atoms with van der Waals surface area (Å²) in [5.41, 5.74) is -0.625. The van der Waals surface area contributed by atoms with Gasteiger partial charge in [0.05, 0.1) is 18.6 Å². The van der Waals surface area contributed by atoms with E-state index in [0.717, 1.165) is 19.4 Å². The van der Waals surface area contributed by atoms with Crippen molar-refractivity contribution in [3.8, 4) is 0 Å². The predicted molar refractivity (Wildman–Crippen MR) is 71.7 cm³/mol. The van der Waals surface area contributed by atoms with Crippen molar-refractivity contribution < 1.29 is 19.4 Å². The Balaban J connectivity index is 3.29. The van der Waals surface area contributed by atoms with E-state index in [9.17, 15) is 4.79 Å². The van der Waals surface area contributed by atoms with Gasteiger partial charge in [-0.3, -0.25) is 4.79 Å². The van der Waals surface area contributed by atoms with Crippen molar-refractivity contribution in [2.24, 2.45) is 11.3 Å². The number of hydrogen-bond acceptors (Lipinski definition) is 3. The zero-order chi connectivity index (χ0) is 14.0. The number of hydrogen-bond donors (Lipinski definition) is 1. The number of rotatable bonds is 11. The van der Waals surface area contributed by atoms with E-state index in [0.29, 0.717) is 32.2 Å². The molecule has 0 saturated carbocycles. The quantitative estimate of drug-likeness (QED) is 0.580.